The van der Waals surface area contributed by atoms with Crippen LogP contribution in [0.1, 0.15) is 20.7 Å². The summed E-state index contributed by atoms with van der Waals surface area (Å²) in [7, 11) is 1.32. The molecule has 0 atom stereocenters. The van der Waals surface area contributed by atoms with E-state index >= 15 is 0 Å². The summed E-state index contributed by atoms with van der Waals surface area (Å²) in [5, 5.41) is 0.488. The summed E-state index contributed by atoms with van der Waals surface area (Å²) in [6.45, 7) is -0.538. The molecule has 0 fully saturated rings. The molecule has 2 rings (SSSR count). The predicted molar refractivity (Wildman–Crippen MR) is 84.0 cm³/mol. The van der Waals surface area contributed by atoms with Crippen LogP contribution >= 0.6 is 23.2 Å². The average Bonchev–Trinajstić information content (AvgIpc) is 2.52. The minimum absolute atomic E-state index is 0.0199. The molecule has 2 aromatic rings. The predicted octanol–water partition coefficient (Wildman–Crippen LogP) is 4.18. The minimum atomic E-state index is -0.769. The number of hydrogen-bond acceptors (Lipinski definition) is 4. The lowest BCUT2D eigenvalue weighted by molar-refractivity contribution is 0.0475. The summed E-state index contributed by atoms with van der Waals surface area (Å²) < 4.78 is 23.2. The highest BCUT2D eigenvalue weighted by molar-refractivity contribution is 6.36. The van der Waals surface area contributed by atoms with Crippen LogP contribution in [0.5, 0.6) is 5.75 Å². The summed E-state index contributed by atoms with van der Waals surface area (Å²) in [4.78, 5) is 23.8. The summed E-state index contributed by atoms with van der Waals surface area (Å²) in [6.07, 6.45) is 0. The van der Waals surface area contributed by atoms with Crippen LogP contribution in [0.25, 0.3) is 0 Å². The molecular weight excluding hydrogens is 346 g/mol. The molecular formula is C16H11Cl2FO4. The number of carbonyl (C=O) groups excluding carboxylic acids is 2. The van der Waals surface area contributed by atoms with E-state index in [1.54, 1.807) is 0 Å². The molecule has 0 radical (unpaired) electrons. The molecule has 0 saturated heterocycles. The lowest BCUT2D eigenvalue weighted by Gasteiger charge is -2.07. The van der Waals surface area contributed by atoms with E-state index in [0.717, 1.165) is 6.07 Å². The van der Waals surface area contributed by atoms with E-state index in [0.29, 0.717) is 5.02 Å². The lowest BCUT2D eigenvalue weighted by atomic mass is 10.1. The van der Waals surface area contributed by atoms with Crippen LogP contribution < -0.4 is 4.74 Å². The topological polar surface area (TPSA) is 52.6 Å². The highest BCUT2D eigenvalue weighted by Crippen LogP contribution is 2.22. The molecule has 0 aliphatic carbocycles. The number of ketones is 1. The zero-order valence-electron chi connectivity index (χ0n) is 11.9. The van der Waals surface area contributed by atoms with Crippen molar-refractivity contribution in [2.75, 3.05) is 13.7 Å². The number of Topliss-reactive ketones (excluding diaryl/α,β-unsaturated/α-hetero) is 1. The first-order chi connectivity index (χ1) is 10.9. The summed E-state index contributed by atoms with van der Waals surface area (Å²) in [5.74, 6) is -1.98. The van der Waals surface area contributed by atoms with Gasteiger partial charge in [0.25, 0.3) is 0 Å². The largest absolute Gasteiger partial charge is 0.494 e. The van der Waals surface area contributed by atoms with E-state index in [9.17, 15) is 14.0 Å². The third kappa shape index (κ3) is 4.21. The molecule has 0 unspecified atom stereocenters. The maximum Gasteiger partial charge on any atom is 0.340 e. The van der Waals surface area contributed by atoms with Gasteiger partial charge in [-0.05, 0) is 36.4 Å². The number of methoxy groups -OCH3 is 1. The van der Waals surface area contributed by atoms with Crippen LogP contribution in [0.2, 0.25) is 10.0 Å². The maximum atomic E-state index is 13.6. The monoisotopic (exact) mass is 356 g/mol. The third-order valence-electron chi connectivity index (χ3n) is 2.96. The van der Waals surface area contributed by atoms with Crippen molar-refractivity contribution in [2.45, 2.75) is 0 Å². The molecule has 0 aromatic heterocycles. The molecule has 0 aliphatic rings. The number of benzene rings is 2. The molecule has 120 valence electrons. The van der Waals surface area contributed by atoms with Crippen LogP contribution in [0.15, 0.2) is 36.4 Å². The number of esters is 1. The third-order valence-corrected chi connectivity index (χ3v) is 3.51. The van der Waals surface area contributed by atoms with Gasteiger partial charge < -0.3 is 9.47 Å². The Labute approximate surface area is 141 Å². The Kier molecular flexibility index (Phi) is 5.58. The lowest BCUT2D eigenvalue weighted by Crippen LogP contribution is -2.14. The summed E-state index contributed by atoms with van der Waals surface area (Å²) >= 11 is 11.6. The first kappa shape index (κ1) is 17.2. The second-order valence-electron chi connectivity index (χ2n) is 4.47. The normalized spacial score (nSPS) is 10.3. The van der Waals surface area contributed by atoms with Gasteiger partial charge in [0.15, 0.2) is 24.0 Å². The number of hydrogen-bond donors (Lipinski definition) is 0. The molecule has 0 N–H and O–H groups in total. The number of ether oxygens (including phenoxy) is 2. The second kappa shape index (κ2) is 7.44. The van der Waals surface area contributed by atoms with Gasteiger partial charge in [-0.25, -0.2) is 9.18 Å². The van der Waals surface area contributed by atoms with Gasteiger partial charge in [0.2, 0.25) is 0 Å². The van der Waals surface area contributed by atoms with Gasteiger partial charge in [-0.2, -0.15) is 0 Å². The standard InChI is InChI=1S/C16H11Cl2FO4/c1-22-15-5-2-9(6-13(15)19)14(20)8-23-16(21)11-4-3-10(17)7-12(11)18/h2-7H,8H2,1H3. The van der Waals surface area contributed by atoms with Gasteiger partial charge in [-0.1, -0.05) is 23.2 Å². The van der Waals surface area contributed by atoms with Crippen LogP contribution in [0.3, 0.4) is 0 Å². The Morgan fingerprint density at radius 2 is 1.87 bits per heavy atom. The quantitative estimate of drug-likeness (QED) is 0.595. The van der Waals surface area contributed by atoms with Gasteiger partial charge in [0, 0.05) is 10.6 Å². The number of rotatable bonds is 5. The van der Waals surface area contributed by atoms with E-state index in [1.807, 2.05) is 0 Å². The molecule has 0 aliphatic heterocycles. The van der Waals surface area contributed by atoms with Crippen molar-refractivity contribution < 1.29 is 23.5 Å². The van der Waals surface area contributed by atoms with Crippen molar-refractivity contribution in [1.82, 2.24) is 0 Å². The van der Waals surface area contributed by atoms with Crippen molar-refractivity contribution >= 4 is 35.0 Å². The van der Waals surface area contributed by atoms with E-state index < -0.39 is 24.2 Å². The van der Waals surface area contributed by atoms with Crippen molar-refractivity contribution in [3.8, 4) is 5.75 Å². The van der Waals surface area contributed by atoms with Gasteiger partial charge in [0.1, 0.15) is 0 Å². The first-order valence-electron chi connectivity index (χ1n) is 6.41. The molecule has 0 heterocycles. The molecule has 0 amide bonds. The van der Waals surface area contributed by atoms with E-state index in [2.05, 4.69) is 0 Å². The molecule has 2 aromatic carbocycles. The van der Waals surface area contributed by atoms with Crippen molar-refractivity contribution in [1.29, 1.82) is 0 Å². The Bertz CT molecular complexity index is 762. The van der Waals surface area contributed by atoms with Crippen LogP contribution in [0.4, 0.5) is 4.39 Å². The Balaban J connectivity index is 2.04. The average molecular weight is 357 g/mol. The Morgan fingerprint density at radius 3 is 2.48 bits per heavy atom. The highest BCUT2D eigenvalue weighted by Gasteiger charge is 2.16. The first-order valence-corrected chi connectivity index (χ1v) is 7.17. The Morgan fingerprint density at radius 1 is 1.13 bits per heavy atom. The van der Waals surface area contributed by atoms with E-state index in [4.69, 9.17) is 32.7 Å². The van der Waals surface area contributed by atoms with Crippen LogP contribution in [-0.4, -0.2) is 25.5 Å². The molecule has 7 heteroatoms. The zero-order chi connectivity index (χ0) is 17.0. The highest BCUT2D eigenvalue weighted by atomic mass is 35.5. The second-order valence-corrected chi connectivity index (χ2v) is 5.32. The fourth-order valence-electron chi connectivity index (χ4n) is 1.79. The van der Waals surface area contributed by atoms with Gasteiger partial charge >= 0.3 is 5.97 Å². The summed E-state index contributed by atoms with van der Waals surface area (Å²) in [5.41, 5.74) is 0.156. The number of carbonyl (C=O) groups is 2. The molecule has 23 heavy (non-hydrogen) atoms. The smallest absolute Gasteiger partial charge is 0.340 e. The van der Waals surface area contributed by atoms with E-state index in [-0.39, 0.29) is 21.9 Å². The molecule has 4 nitrogen and oxygen atoms in total. The SMILES string of the molecule is COc1ccc(C(=O)COC(=O)c2ccc(Cl)cc2Cl)cc1F. The minimum Gasteiger partial charge on any atom is -0.494 e. The number of halogens is 3. The van der Waals surface area contributed by atoms with Crippen molar-refractivity contribution in [3.63, 3.8) is 0 Å². The molecule has 0 spiro atoms. The molecule has 0 saturated carbocycles. The fourth-order valence-corrected chi connectivity index (χ4v) is 2.27. The Hall–Kier alpha value is -2.11. The van der Waals surface area contributed by atoms with Gasteiger partial charge in [-0.3, -0.25) is 4.79 Å². The summed E-state index contributed by atoms with van der Waals surface area (Å²) in [6, 6.07) is 7.98. The maximum absolute atomic E-state index is 13.6. The van der Waals surface area contributed by atoms with Crippen molar-refractivity contribution in [3.05, 3.63) is 63.4 Å². The fraction of sp³-hybridized carbons (Fsp3) is 0.125. The zero-order valence-corrected chi connectivity index (χ0v) is 13.4. The molecule has 0 bridgehead atoms. The van der Waals surface area contributed by atoms with E-state index in [1.165, 1.54) is 37.4 Å². The van der Waals surface area contributed by atoms with Gasteiger partial charge in [0.05, 0.1) is 17.7 Å². The van der Waals surface area contributed by atoms with Gasteiger partial charge in [-0.15, -0.1) is 0 Å². The van der Waals surface area contributed by atoms with Crippen molar-refractivity contribution in [2.24, 2.45) is 0 Å². The van der Waals surface area contributed by atoms with Crippen LogP contribution in [0, 0.1) is 5.82 Å². The van der Waals surface area contributed by atoms with Crippen LogP contribution in [-0.2, 0) is 4.74 Å².